The van der Waals surface area contributed by atoms with E-state index >= 15 is 0 Å². The minimum atomic E-state index is -0.510. The highest BCUT2D eigenvalue weighted by Crippen LogP contribution is 2.25. The quantitative estimate of drug-likeness (QED) is 0.489. The van der Waals surface area contributed by atoms with Crippen LogP contribution in [0.5, 0.6) is 0 Å². The number of hydrogen-bond donors (Lipinski definition) is 1. The molecule has 0 atom stereocenters. The van der Waals surface area contributed by atoms with Crippen molar-refractivity contribution in [2.45, 2.75) is 45.2 Å². The normalized spacial score (nSPS) is 13.7. The molecule has 164 valence electrons. The molecule has 1 aliphatic heterocycles. The summed E-state index contributed by atoms with van der Waals surface area (Å²) >= 11 is 5.95. The number of rotatable bonds is 5. The Hall–Kier alpha value is -3.39. The van der Waals surface area contributed by atoms with Crippen molar-refractivity contribution in [2.75, 3.05) is 5.32 Å². The Labute approximate surface area is 188 Å². The molecule has 2 aromatic heterocycles. The second-order valence-electron chi connectivity index (χ2n) is 7.91. The molecule has 0 radical (unpaired) electrons. The van der Waals surface area contributed by atoms with Crippen molar-refractivity contribution in [1.29, 1.82) is 0 Å². The van der Waals surface area contributed by atoms with Crippen LogP contribution < -0.4 is 11.1 Å². The first-order valence-electron chi connectivity index (χ1n) is 10.7. The first-order valence-corrected chi connectivity index (χ1v) is 11.1. The second kappa shape index (κ2) is 8.63. The van der Waals surface area contributed by atoms with Gasteiger partial charge < -0.3 is 14.3 Å². The minimum absolute atomic E-state index is 0.127. The topological polar surface area (TPSA) is 94.9 Å². The van der Waals surface area contributed by atoms with Crippen LogP contribution in [-0.4, -0.2) is 25.2 Å². The number of nitrogens with zero attached hydrogens (tertiary/aromatic N) is 4. The number of hydrogen-bond acceptors (Lipinski definition) is 5. The fourth-order valence-electron chi connectivity index (χ4n) is 4.12. The van der Waals surface area contributed by atoms with Gasteiger partial charge in [0.1, 0.15) is 5.82 Å². The van der Waals surface area contributed by atoms with E-state index < -0.39 is 5.76 Å². The number of carbonyl (C=O) groups excluding carboxylic acids is 1. The standard InChI is InChI=1S/C23H22ClN5O3/c24-16-8-9-18-19(14-16)32-23(31)28(18)12-10-21(30)25-17-6-4-5-15(13-17)22-27-26-20-7-2-1-3-11-29(20)22/h4-6,8-9,13-14H,1-3,7,10-12H2,(H,25,30). The largest absolute Gasteiger partial charge is 0.419 e. The van der Waals surface area contributed by atoms with Gasteiger partial charge in [-0.25, -0.2) is 4.79 Å². The van der Waals surface area contributed by atoms with Crippen LogP contribution in [0.15, 0.2) is 51.7 Å². The molecule has 0 aliphatic carbocycles. The average molecular weight is 452 g/mol. The Morgan fingerprint density at radius 1 is 1.12 bits per heavy atom. The molecule has 0 unspecified atom stereocenters. The molecule has 1 N–H and O–H groups in total. The highest BCUT2D eigenvalue weighted by atomic mass is 35.5. The van der Waals surface area contributed by atoms with Crippen LogP contribution in [0.2, 0.25) is 5.02 Å². The molecule has 0 saturated carbocycles. The number of benzene rings is 2. The van der Waals surface area contributed by atoms with Crippen LogP contribution >= 0.6 is 11.6 Å². The van der Waals surface area contributed by atoms with E-state index in [-0.39, 0.29) is 18.9 Å². The molecule has 0 saturated heterocycles. The predicted molar refractivity (Wildman–Crippen MR) is 122 cm³/mol. The Kier molecular flexibility index (Phi) is 5.53. The molecule has 5 rings (SSSR count). The van der Waals surface area contributed by atoms with E-state index in [1.54, 1.807) is 18.2 Å². The van der Waals surface area contributed by atoms with E-state index in [1.807, 2.05) is 24.3 Å². The second-order valence-corrected chi connectivity index (χ2v) is 8.35. The summed E-state index contributed by atoms with van der Waals surface area (Å²) < 4.78 is 8.83. The summed E-state index contributed by atoms with van der Waals surface area (Å²) in [6, 6.07) is 12.6. The van der Waals surface area contributed by atoms with Crippen molar-refractivity contribution in [3.63, 3.8) is 0 Å². The molecule has 3 heterocycles. The van der Waals surface area contributed by atoms with Gasteiger partial charge >= 0.3 is 5.76 Å². The Balaban J connectivity index is 1.30. The summed E-state index contributed by atoms with van der Waals surface area (Å²) in [6.45, 7) is 1.11. The van der Waals surface area contributed by atoms with Gasteiger partial charge in [-0.3, -0.25) is 9.36 Å². The lowest BCUT2D eigenvalue weighted by molar-refractivity contribution is -0.116. The fourth-order valence-corrected chi connectivity index (χ4v) is 4.29. The molecule has 4 aromatic rings. The maximum Gasteiger partial charge on any atom is 0.419 e. The lowest BCUT2D eigenvalue weighted by Crippen LogP contribution is -2.19. The number of aromatic nitrogens is 4. The number of anilines is 1. The first kappa shape index (κ1) is 20.5. The van der Waals surface area contributed by atoms with Gasteiger partial charge in [0.2, 0.25) is 5.91 Å². The lowest BCUT2D eigenvalue weighted by Gasteiger charge is -2.10. The number of halogens is 1. The number of fused-ring (bicyclic) bond motifs is 2. The van der Waals surface area contributed by atoms with Crippen molar-refractivity contribution < 1.29 is 9.21 Å². The number of oxazole rings is 1. The molecule has 1 amide bonds. The molecule has 9 heteroatoms. The summed E-state index contributed by atoms with van der Waals surface area (Å²) in [7, 11) is 0. The van der Waals surface area contributed by atoms with E-state index in [1.165, 1.54) is 11.0 Å². The number of nitrogens with one attached hydrogen (secondary N) is 1. The van der Waals surface area contributed by atoms with E-state index in [4.69, 9.17) is 16.0 Å². The van der Waals surface area contributed by atoms with Crippen LogP contribution in [-0.2, 0) is 24.3 Å². The molecule has 2 aromatic carbocycles. The minimum Gasteiger partial charge on any atom is -0.408 e. The van der Waals surface area contributed by atoms with Crippen molar-refractivity contribution >= 4 is 34.3 Å². The predicted octanol–water partition coefficient (Wildman–Crippen LogP) is 4.26. The van der Waals surface area contributed by atoms with Crippen molar-refractivity contribution in [2.24, 2.45) is 0 Å². The van der Waals surface area contributed by atoms with Gasteiger partial charge in [0.15, 0.2) is 11.4 Å². The van der Waals surface area contributed by atoms with Crippen LogP contribution in [0.3, 0.4) is 0 Å². The average Bonchev–Trinajstić information content (AvgIpc) is 3.22. The third-order valence-corrected chi connectivity index (χ3v) is 5.94. The van der Waals surface area contributed by atoms with Crippen LogP contribution in [0.25, 0.3) is 22.5 Å². The number of aryl methyl sites for hydroxylation is 2. The summed E-state index contributed by atoms with van der Waals surface area (Å²) in [5, 5.41) is 12.1. The van der Waals surface area contributed by atoms with Gasteiger partial charge in [-0.1, -0.05) is 30.2 Å². The molecule has 1 aliphatic rings. The van der Waals surface area contributed by atoms with E-state index in [0.29, 0.717) is 21.8 Å². The maximum absolute atomic E-state index is 12.6. The summed E-state index contributed by atoms with van der Waals surface area (Å²) in [4.78, 5) is 24.7. The summed E-state index contributed by atoms with van der Waals surface area (Å²) in [5.74, 6) is 1.14. The Morgan fingerprint density at radius 2 is 2.03 bits per heavy atom. The van der Waals surface area contributed by atoms with Gasteiger partial charge in [0.25, 0.3) is 0 Å². The molecule has 8 nitrogen and oxygen atoms in total. The summed E-state index contributed by atoms with van der Waals surface area (Å²) in [5.41, 5.74) is 2.61. The molecular formula is C23H22ClN5O3. The van der Waals surface area contributed by atoms with Crippen LogP contribution in [0, 0.1) is 0 Å². The molecule has 0 bridgehead atoms. The molecule has 0 spiro atoms. The zero-order valence-electron chi connectivity index (χ0n) is 17.4. The highest BCUT2D eigenvalue weighted by molar-refractivity contribution is 6.31. The third kappa shape index (κ3) is 4.05. The molecular weight excluding hydrogens is 430 g/mol. The van der Waals surface area contributed by atoms with Gasteiger partial charge in [0.05, 0.1) is 5.52 Å². The SMILES string of the molecule is O=C(CCn1c(=O)oc2cc(Cl)ccc21)Nc1cccc(-c2nnc3n2CCCCC3)c1. The van der Waals surface area contributed by atoms with Gasteiger partial charge in [-0.15, -0.1) is 10.2 Å². The highest BCUT2D eigenvalue weighted by Gasteiger charge is 2.17. The van der Waals surface area contributed by atoms with E-state index in [0.717, 1.165) is 43.0 Å². The fraction of sp³-hybridized carbons (Fsp3) is 0.304. The lowest BCUT2D eigenvalue weighted by atomic mass is 10.2. The first-order chi connectivity index (χ1) is 15.6. The zero-order valence-corrected chi connectivity index (χ0v) is 18.1. The van der Waals surface area contributed by atoms with E-state index in [9.17, 15) is 9.59 Å². The number of amides is 1. The van der Waals surface area contributed by atoms with Crippen LogP contribution in [0.4, 0.5) is 5.69 Å². The molecule has 0 fully saturated rings. The van der Waals surface area contributed by atoms with E-state index in [2.05, 4.69) is 20.1 Å². The summed E-state index contributed by atoms with van der Waals surface area (Å²) in [6.07, 6.45) is 4.51. The third-order valence-electron chi connectivity index (χ3n) is 5.71. The smallest absolute Gasteiger partial charge is 0.408 e. The Morgan fingerprint density at radius 3 is 2.94 bits per heavy atom. The van der Waals surface area contributed by atoms with Crippen molar-refractivity contribution in [3.8, 4) is 11.4 Å². The monoisotopic (exact) mass is 451 g/mol. The van der Waals surface area contributed by atoms with Crippen molar-refractivity contribution in [1.82, 2.24) is 19.3 Å². The van der Waals surface area contributed by atoms with Gasteiger partial charge in [-0.2, -0.15) is 0 Å². The zero-order chi connectivity index (χ0) is 22.1. The maximum atomic E-state index is 12.6. The van der Waals surface area contributed by atoms with Gasteiger partial charge in [-0.05, 0) is 37.1 Å². The number of carbonyl (C=O) groups is 1. The van der Waals surface area contributed by atoms with Crippen molar-refractivity contribution in [3.05, 3.63) is 63.9 Å². The van der Waals surface area contributed by atoms with Crippen LogP contribution in [0.1, 0.15) is 31.5 Å². The molecule has 32 heavy (non-hydrogen) atoms. The Bertz CT molecular complexity index is 1350. The van der Waals surface area contributed by atoms with Gasteiger partial charge in [0, 0.05) is 48.3 Å².